The van der Waals surface area contributed by atoms with Crippen molar-refractivity contribution in [2.24, 2.45) is 0 Å². The van der Waals surface area contributed by atoms with Crippen LogP contribution in [0.1, 0.15) is 19.8 Å². The summed E-state index contributed by atoms with van der Waals surface area (Å²) in [4.78, 5) is 12.5. The summed E-state index contributed by atoms with van der Waals surface area (Å²) in [5.41, 5.74) is 0.975. The minimum Gasteiger partial charge on any atom is -0.317 e. The average molecular weight is 125 g/mol. The van der Waals surface area contributed by atoms with E-state index in [2.05, 4.69) is 6.58 Å². The lowest BCUT2D eigenvalue weighted by Crippen LogP contribution is -2.22. The fraction of sp³-hybridized carbons (Fsp3) is 0.571. The molecule has 0 spiro atoms. The molecular formula is C7H11NO. The molecule has 0 bridgehead atoms. The Morgan fingerprint density at radius 2 is 2.44 bits per heavy atom. The van der Waals surface area contributed by atoms with Crippen LogP contribution >= 0.6 is 0 Å². The first-order chi connectivity index (χ1) is 4.22. The minimum absolute atomic E-state index is 0.123. The normalized spacial score (nSPS) is 18.8. The van der Waals surface area contributed by atoms with Crippen LogP contribution in [0.25, 0.3) is 0 Å². The maximum atomic E-state index is 10.7. The summed E-state index contributed by atoms with van der Waals surface area (Å²) in [6, 6.07) is 0. The number of hydrogen-bond donors (Lipinski definition) is 0. The Morgan fingerprint density at radius 3 is 2.67 bits per heavy atom. The molecule has 0 aliphatic carbocycles. The van der Waals surface area contributed by atoms with E-state index in [0.29, 0.717) is 0 Å². The highest BCUT2D eigenvalue weighted by molar-refractivity contribution is 5.75. The summed E-state index contributed by atoms with van der Waals surface area (Å²) in [5.74, 6) is 0.123. The van der Waals surface area contributed by atoms with Gasteiger partial charge in [0.2, 0.25) is 5.91 Å². The summed E-state index contributed by atoms with van der Waals surface area (Å²) in [7, 11) is 0. The molecular weight excluding hydrogens is 114 g/mol. The van der Waals surface area contributed by atoms with Crippen LogP contribution in [0.4, 0.5) is 0 Å². The van der Waals surface area contributed by atoms with E-state index in [1.807, 2.05) is 0 Å². The molecule has 0 radical (unpaired) electrons. The van der Waals surface area contributed by atoms with E-state index in [0.717, 1.165) is 25.1 Å². The predicted molar refractivity (Wildman–Crippen MR) is 35.8 cm³/mol. The second kappa shape index (κ2) is 2.21. The molecule has 1 saturated heterocycles. The highest BCUT2D eigenvalue weighted by Crippen LogP contribution is 2.18. The van der Waals surface area contributed by atoms with Crippen LogP contribution in [0.15, 0.2) is 12.3 Å². The molecule has 0 atom stereocenters. The largest absolute Gasteiger partial charge is 0.317 e. The minimum atomic E-state index is 0.123. The van der Waals surface area contributed by atoms with Crippen LogP contribution in [-0.4, -0.2) is 17.4 Å². The third-order valence-corrected chi connectivity index (χ3v) is 1.61. The predicted octanol–water partition coefficient (Wildman–Crippen LogP) is 1.14. The molecule has 0 saturated carbocycles. The number of carbonyl (C=O) groups excluding carboxylic acids is 1. The lowest BCUT2D eigenvalue weighted by molar-refractivity contribution is -0.126. The van der Waals surface area contributed by atoms with Gasteiger partial charge >= 0.3 is 0 Å². The zero-order valence-corrected chi connectivity index (χ0v) is 5.68. The fourth-order valence-corrected chi connectivity index (χ4v) is 1.11. The zero-order valence-electron chi connectivity index (χ0n) is 5.68. The molecule has 50 valence electrons. The molecule has 1 aliphatic rings. The number of likely N-dealkylation sites (tertiary alicyclic amines) is 1. The van der Waals surface area contributed by atoms with Crippen LogP contribution in [0.3, 0.4) is 0 Å². The summed E-state index contributed by atoms with van der Waals surface area (Å²) in [5, 5.41) is 0. The Kier molecular flexibility index (Phi) is 1.56. The van der Waals surface area contributed by atoms with Crippen molar-refractivity contribution in [2.45, 2.75) is 19.8 Å². The SMILES string of the molecule is C=C1CCCN1C(C)=O. The number of carbonyl (C=O) groups is 1. The summed E-state index contributed by atoms with van der Waals surface area (Å²) in [6.07, 6.45) is 2.07. The molecule has 2 heteroatoms. The molecule has 1 heterocycles. The second-order valence-electron chi connectivity index (χ2n) is 2.34. The second-order valence-corrected chi connectivity index (χ2v) is 2.34. The van der Waals surface area contributed by atoms with Crippen molar-refractivity contribution in [3.8, 4) is 0 Å². The third-order valence-electron chi connectivity index (χ3n) is 1.61. The summed E-state index contributed by atoms with van der Waals surface area (Å²) < 4.78 is 0. The molecule has 9 heavy (non-hydrogen) atoms. The van der Waals surface area contributed by atoms with Gasteiger partial charge in [-0.25, -0.2) is 0 Å². The van der Waals surface area contributed by atoms with Crippen LogP contribution in [0, 0.1) is 0 Å². The lowest BCUT2D eigenvalue weighted by Gasteiger charge is -2.12. The summed E-state index contributed by atoms with van der Waals surface area (Å²) >= 11 is 0. The molecule has 1 aliphatic heterocycles. The van der Waals surface area contributed by atoms with Crippen LogP contribution in [0.2, 0.25) is 0 Å². The monoisotopic (exact) mass is 125 g/mol. The van der Waals surface area contributed by atoms with Gasteiger partial charge in [0.05, 0.1) is 0 Å². The topological polar surface area (TPSA) is 20.3 Å². The van der Waals surface area contributed by atoms with Crippen molar-refractivity contribution in [3.05, 3.63) is 12.3 Å². The van der Waals surface area contributed by atoms with Gasteiger partial charge in [-0.15, -0.1) is 0 Å². The zero-order chi connectivity index (χ0) is 6.85. The van der Waals surface area contributed by atoms with Crippen molar-refractivity contribution in [3.63, 3.8) is 0 Å². The van der Waals surface area contributed by atoms with E-state index in [1.54, 1.807) is 11.8 Å². The highest BCUT2D eigenvalue weighted by atomic mass is 16.2. The maximum Gasteiger partial charge on any atom is 0.223 e. The standard InChI is InChI=1S/C7H11NO/c1-6-4-3-5-8(6)7(2)9/h1,3-5H2,2H3. The molecule has 1 amide bonds. The smallest absolute Gasteiger partial charge is 0.223 e. The molecule has 1 rings (SSSR count). The van der Waals surface area contributed by atoms with Gasteiger partial charge in [0.1, 0.15) is 0 Å². The van der Waals surface area contributed by atoms with Gasteiger partial charge in [-0.05, 0) is 12.8 Å². The van der Waals surface area contributed by atoms with Crippen LogP contribution < -0.4 is 0 Å². The van der Waals surface area contributed by atoms with E-state index >= 15 is 0 Å². The number of nitrogens with zero attached hydrogens (tertiary/aromatic N) is 1. The number of amides is 1. The van der Waals surface area contributed by atoms with Crippen molar-refractivity contribution in [1.82, 2.24) is 4.90 Å². The van der Waals surface area contributed by atoms with Crippen molar-refractivity contribution in [2.75, 3.05) is 6.54 Å². The van der Waals surface area contributed by atoms with Gasteiger partial charge in [-0.3, -0.25) is 4.79 Å². The van der Waals surface area contributed by atoms with E-state index in [4.69, 9.17) is 0 Å². The van der Waals surface area contributed by atoms with Crippen molar-refractivity contribution in [1.29, 1.82) is 0 Å². The number of allylic oxidation sites excluding steroid dienone is 1. The van der Waals surface area contributed by atoms with Gasteiger partial charge < -0.3 is 4.90 Å². The van der Waals surface area contributed by atoms with Gasteiger partial charge in [0.25, 0.3) is 0 Å². The molecule has 2 nitrogen and oxygen atoms in total. The molecule has 0 unspecified atom stereocenters. The molecule has 0 aromatic rings. The Labute approximate surface area is 55.2 Å². The Balaban J connectivity index is 2.60. The van der Waals surface area contributed by atoms with Gasteiger partial charge in [0.15, 0.2) is 0 Å². The van der Waals surface area contributed by atoms with Crippen LogP contribution in [-0.2, 0) is 4.79 Å². The van der Waals surface area contributed by atoms with Crippen molar-refractivity contribution >= 4 is 5.91 Å². The first-order valence-electron chi connectivity index (χ1n) is 3.17. The quantitative estimate of drug-likeness (QED) is 0.475. The van der Waals surface area contributed by atoms with Gasteiger partial charge in [0, 0.05) is 19.2 Å². The van der Waals surface area contributed by atoms with E-state index in [1.165, 1.54) is 0 Å². The summed E-state index contributed by atoms with van der Waals surface area (Å²) in [6.45, 7) is 6.21. The first kappa shape index (κ1) is 6.33. The Hall–Kier alpha value is -0.790. The maximum absolute atomic E-state index is 10.7. The van der Waals surface area contributed by atoms with Gasteiger partial charge in [-0.2, -0.15) is 0 Å². The Bertz CT molecular complexity index is 151. The molecule has 1 fully saturated rings. The lowest BCUT2D eigenvalue weighted by atomic mass is 10.3. The molecule has 0 aromatic carbocycles. The molecule has 0 N–H and O–H groups in total. The highest BCUT2D eigenvalue weighted by Gasteiger charge is 2.17. The third kappa shape index (κ3) is 1.12. The van der Waals surface area contributed by atoms with E-state index in [-0.39, 0.29) is 5.91 Å². The number of rotatable bonds is 0. The first-order valence-corrected chi connectivity index (χ1v) is 3.17. The van der Waals surface area contributed by atoms with E-state index < -0.39 is 0 Å². The fourth-order valence-electron chi connectivity index (χ4n) is 1.11. The number of hydrogen-bond acceptors (Lipinski definition) is 1. The Morgan fingerprint density at radius 1 is 1.78 bits per heavy atom. The van der Waals surface area contributed by atoms with E-state index in [9.17, 15) is 4.79 Å². The van der Waals surface area contributed by atoms with Crippen LogP contribution in [0.5, 0.6) is 0 Å². The van der Waals surface area contributed by atoms with Gasteiger partial charge in [-0.1, -0.05) is 6.58 Å². The van der Waals surface area contributed by atoms with Crippen molar-refractivity contribution < 1.29 is 4.79 Å². The average Bonchev–Trinajstić information content (AvgIpc) is 2.13. The molecule has 0 aromatic heterocycles.